The van der Waals surface area contributed by atoms with Gasteiger partial charge in [0.05, 0.1) is 5.01 Å². The highest BCUT2D eigenvalue weighted by Crippen LogP contribution is 2.26. The highest BCUT2D eigenvalue weighted by atomic mass is 32.1. The standard InChI is InChI=1S/C9H12N4S/c1-9(2,3)8-12-6(4-14-8)7-10-5-11-13-7/h4H,5H2,1-3H3. The van der Waals surface area contributed by atoms with Gasteiger partial charge in [0.1, 0.15) is 5.69 Å². The van der Waals surface area contributed by atoms with Crippen LogP contribution in [0.2, 0.25) is 0 Å². The van der Waals surface area contributed by atoms with Crippen molar-refractivity contribution >= 4 is 17.2 Å². The number of aliphatic imine (C=N–C) groups is 1. The topological polar surface area (TPSA) is 50.0 Å². The van der Waals surface area contributed by atoms with Gasteiger partial charge in [-0.2, -0.15) is 5.11 Å². The highest BCUT2D eigenvalue weighted by molar-refractivity contribution is 7.10. The summed E-state index contributed by atoms with van der Waals surface area (Å²) in [6.07, 6.45) is 0. The predicted molar refractivity (Wildman–Crippen MR) is 57.1 cm³/mol. The summed E-state index contributed by atoms with van der Waals surface area (Å²) in [6.45, 7) is 6.88. The number of nitrogens with zero attached hydrogens (tertiary/aromatic N) is 4. The van der Waals surface area contributed by atoms with Gasteiger partial charge in [-0.15, -0.1) is 16.5 Å². The third-order valence-corrected chi connectivity index (χ3v) is 3.09. The maximum absolute atomic E-state index is 4.50. The molecule has 0 unspecified atom stereocenters. The van der Waals surface area contributed by atoms with E-state index in [2.05, 4.69) is 41.0 Å². The first-order valence-electron chi connectivity index (χ1n) is 4.46. The number of aromatic nitrogens is 1. The van der Waals surface area contributed by atoms with Gasteiger partial charge in [-0.25, -0.2) is 9.98 Å². The van der Waals surface area contributed by atoms with Crippen LogP contribution in [-0.4, -0.2) is 17.5 Å². The number of amidine groups is 1. The molecule has 1 aromatic heterocycles. The Kier molecular flexibility index (Phi) is 2.19. The lowest BCUT2D eigenvalue weighted by atomic mass is 9.98. The Labute approximate surface area is 86.8 Å². The summed E-state index contributed by atoms with van der Waals surface area (Å²) >= 11 is 1.65. The molecule has 2 heterocycles. The van der Waals surface area contributed by atoms with Crippen LogP contribution in [0.5, 0.6) is 0 Å². The average molecular weight is 208 g/mol. The highest BCUT2D eigenvalue weighted by Gasteiger charge is 2.20. The van der Waals surface area contributed by atoms with Crippen LogP contribution < -0.4 is 0 Å². The first-order valence-corrected chi connectivity index (χ1v) is 5.34. The van der Waals surface area contributed by atoms with E-state index in [4.69, 9.17) is 0 Å². The summed E-state index contributed by atoms with van der Waals surface area (Å²) < 4.78 is 0. The van der Waals surface area contributed by atoms with Crippen molar-refractivity contribution in [2.24, 2.45) is 15.2 Å². The molecule has 0 atom stereocenters. The second-order valence-corrected chi connectivity index (χ2v) is 5.01. The molecule has 4 nitrogen and oxygen atoms in total. The minimum Gasteiger partial charge on any atom is -0.237 e. The van der Waals surface area contributed by atoms with Gasteiger partial charge in [-0.1, -0.05) is 20.8 Å². The quantitative estimate of drug-likeness (QED) is 0.699. The monoisotopic (exact) mass is 208 g/mol. The predicted octanol–water partition coefficient (Wildman–Crippen LogP) is 2.61. The lowest BCUT2D eigenvalue weighted by Crippen LogP contribution is -2.11. The van der Waals surface area contributed by atoms with Gasteiger partial charge in [-0.3, -0.25) is 0 Å². The molecule has 0 saturated carbocycles. The smallest absolute Gasteiger partial charge is 0.198 e. The van der Waals surface area contributed by atoms with Crippen molar-refractivity contribution in [1.29, 1.82) is 0 Å². The SMILES string of the molecule is CC(C)(C)c1nc(C2=NCN=N2)cs1. The fourth-order valence-electron chi connectivity index (χ4n) is 1.08. The van der Waals surface area contributed by atoms with Crippen LogP contribution in [0.4, 0.5) is 0 Å². The Hall–Kier alpha value is -1.10. The normalized spacial score (nSPS) is 16.1. The van der Waals surface area contributed by atoms with Crippen LogP contribution in [0.1, 0.15) is 31.5 Å². The zero-order valence-electron chi connectivity index (χ0n) is 8.48. The summed E-state index contributed by atoms with van der Waals surface area (Å²) in [5.41, 5.74) is 0.945. The van der Waals surface area contributed by atoms with Crippen LogP contribution >= 0.6 is 11.3 Å². The molecule has 0 fully saturated rings. The molecular formula is C9H12N4S. The number of hydrogen-bond acceptors (Lipinski definition) is 5. The lowest BCUT2D eigenvalue weighted by molar-refractivity contribution is 0.585. The molecule has 14 heavy (non-hydrogen) atoms. The summed E-state index contributed by atoms with van der Waals surface area (Å²) in [6, 6.07) is 0. The first kappa shape index (κ1) is 9.45. The molecule has 0 saturated heterocycles. The third kappa shape index (κ3) is 1.72. The number of azo groups is 1. The minimum atomic E-state index is 0.0965. The van der Waals surface area contributed by atoms with Crippen LogP contribution in [-0.2, 0) is 5.41 Å². The van der Waals surface area contributed by atoms with E-state index in [1.165, 1.54) is 0 Å². The molecular weight excluding hydrogens is 196 g/mol. The average Bonchev–Trinajstić information content (AvgIpc) is 2.73. The largest absolute Gasteiger partial charge is 0.237 e. The van der Waals surface area contributed by atoms with Crippen molar-refractivity contribution < 1.29 is 0 Å². The van der Waals surface area contributed by atoms with Gasteiger partial charge < -0.3 is 0 Å². The van der Waals surface area contributed by atoms with E-state index in [9.17, 15) is 0 Å². The van der Waals surface area contributed by atoms with Gasteiger partial charge in [0.15, 0.2) is 12.5 Å². The van der Waals surface area contributed by atoms with Crippen molar-refractivity contribution in [2.45, 2.75) is 26.2 Å². The Balaban J connectivity index is 2.30. The summed E-state index contributed by atoms with van der Waals surface area (Å²) in [7, 11) is 0. The van der Waals surface area contributed by atoms with Gasteiger partial charge in [0.2, 0.25) is 0 Å². The minimum absolute atomic E-state index is 0.0965. The first-order chi connectivity index (χ1) is 6.57. The van der Waals surface area contributed by atoms with Gasteiger partial charge in [0.25, 0.3) is 0 Å². The van der Waals surface area contributed by atoms with E-state index in [1.54, 1.807) is 11.3 Å². The molecule has 1 aromatic rings. The number of thiazole rings is 1. The van der Waals surface area contributed by atoms with Gasteiger partial charge >= 0.3 is 0 Å². The van der Waals surface area contributed by atoms with Crippen LogP contribution in [0, 0.1) is 0 Å². The maximum atomic E-state index is 4.50. The van der Waals surface area contributed by atoms with Crippen LogP contribution in [0.3, 0.4) is 0 Å². The molecule has 5 heteroatoms. The maximum Gasteiger partial charge on any atom is 0.198 e. The van der Waals surface area contributed by atoms with Crippen molar-refractivity contribution in [3.8, 4) is 0 Å². The Morgan fingerprint density at radius 3 is 2.64 bits per heavy atom. The molecule has 1 aliphatic rings. The van der Waals surface area contributed by atoms with E-state index in [-0.39, 0.29) is 5.41 Å². The van der Waals surface area contributed by atoms with E-state index in [0.29, 0.717) is 12.5 Å². The van der Waals surface area contributed by atoms with Crippen molar-refractivity contribution in [3.63, 3.8) is 0 Å². The molecule has 0 N–H and O–H groups in total. The molecule has 0 bridgehead atoms. The van der Waals surface area contributed by atoms with E-state index in [0.717, 1.165) is 10.7 Å². The molecule has 0 radical (unpaired) electrons. The summed E-state index contributed by atoms with van der Waals surface area (Å²) in [5.74, 6) is 0.664. The fraction of sp³-hybridized carbons (Fsp3) is 0.556. The van der Waals surface area contributed by atoms with Crippen LogP contribution in [0.25, 0.3) is 0 Å². The summed E-state index contributed by atoms with van der Waals surface area (Å²) in [5, 5.41) is 10.8. The number of rotatable bonds is 1. The summed E-state index contributed by atoms with van der Waals surface area (Å²) in [4.78, 5) is 8.63. The van der Waals surface area contributed by atoms with Crippen LogP contribution in [0.15, 0.2) is 20.6 Å². The zero-order valence-corrected chi connectivity index (χ0v) is 9.30. The second kappa shape index (κ2) is 3.24. The third-order valence-electron chi connectivity index (χ3n) is 1.82. The lowest BCUT2D eigenvalue weighted by Gasteiger charge is -2.13. The van der Waals surface area contributed by atoms with E-state index in [1.807, 2.05) is 5.38 Å². The molecule has 0 amide bonds. The van der Waals surface area contributed by atoms with Gasteiger partial charge in [0, 0.05) is 10.8 Å². The van der Waals surface area contributed by atoms with Crippen molar-refractivity contribution in [2.75, 3.05) is 6.67 Å². The van der Waals surface area contributed by atoms with Gasteiger partial charge in [-0.05, 0) is 0 Å². The Morgan fingerprint density at radius 1 is 1.36 bits per heavy atom. The number of hydrogen-bond donors (Lipinski definition) is 0. The molecule has 74 valence electrons. The Bertz CT molecular complexity index is 397. The molecule has 1 aliphatic heterocycles. The molecule has 0 spiro atoms. The fourth-order valence-corrected chi connectivity index (χ4v) is 1.97. The van der Waals surface area contributed by atoms with E-state index < -0.39 is 0 Å². The second-order valence-electron chi connectivity index (χ2n) is 4.15. The van der Waals surface area contributed by atoms with Crippen molar-refractivity contribution in [1.82, 2.24) is 4.98 Å². The molecule has 0 aliphatic carbocycles. The Morgan fingerprint density at radius 2 is 2.14 bits per heavy atom. The van der Waals surface area contributed by atoms with Crippen molar-refractivity contribution in [3.05, 3.63) is 16.1 Å². The zero-order chi connectivity index (χ0) is 10.2. The molecule has 0 aromatic carbocycles. The van der Waals surface area contributed by atoms with E-state index >= 15 is 0 Å². The molecule has 2 rings (SSSR count).